The molecule has 1 amide bonds. The molecule has 1 aliphatic rings. The highest BCUT2D eigenvalue weighted by molar-refractivity contribution is 7.91. The van der Waals surface area contributed by atoms with Gasteiger partial charge in [-0.1, -0.05) is 30.7 Å². The molecule has 0 spiro atoms. The third kappa shape index (κ3) is 3.60. The predicted molar refractivity (Wildman–Crippen MR) is 79.2 cm³/mol. The molecule has 1 unspecified atom stereocenters. The quantitative estimate of drug-likeness (QED) is 0.865. The average Bonchev–Trinajstić information content (AvgIpc) is 2.47. The Labute approximate surface area is 120 Å². The van der Waals surface area contributed by atoms with Crippen LogP contribution in [0.4, 0.5) is 0 Å². The van der Waals surface area contributed by atoms with Gasteiger partial charge >= 0.3 is 0 Å². The highest BCUT2D eigenvalue weighted by atomic mass is 32.2. The van der Waals surface area contributed by atoms with Crippen LogP contribution in [0.1, 0.15) is 37.3 Å². The van der Waals surface area contributed by atoms with Crippen LogP contribution >= 0.6 is 0 Å². The number of hydrogen-bond acceptors (Lipinski definition) is 3. The van der Waals surface area contributed by atoms with E-state index in [0.29, 0.717) is 0 Å². The zero-order valence-electron chi connectivity index (χ0n) is 12.0. The van der Waals surface area contributed by atoms with Crippen molar-refractivity contribution in [3.8, 4) is 0 Å². The maximum atomic E-state index is 12.0. The van der Waals surface area contributed by atoms with Gasteiger partial charge in [-0.25, -0.2) is 8.42 Å². The molecular formula is C15H21NO3S. The lowest BCUT2D eigenvalue weighted by Crippen LogP contribution is -2.45. The molecule has 1 aliphatic carbocycles. The van der Waals surface area contributed by atoms with Crippen LogP contribution in [0.3, 0.4) is 0 Å². The molecule has 0 saturated carbocycles. The van der Waals surface area contributed by atoms with Gasteiger partial charge in [0.2, 0.25) is 5.91 Å². The molecule has 4 nitrogen and oxygen atoms in total. The van der Waals surface area contributed by atoms with Crippen molar-refractivity contribution >= 4 is 15.7 Å². The van der Waals surface area contributed by atoms with Crippen LogP contribution in [0.5, 0.6) is 0 Å². The Morgan fingerprint density at radius 3 is 2.70 bits per heavy atom. The van der Waals surface area contributed by atoms with Crippen molar-refractivity contribution in [2.45, 2.75) is 38.1 Å². The Morgan fingerprint density at radius 1 is 1.30 bits per heavy atom. The molecule has 1 atom stereocenters. The normalized spacial score (nSPS) is 22.7. The van der Waals surface area contributed by atoms with Gasteiger partial charge in [0.15, 0.2) is 9.84 Å². The predicted octanol–water partition coefficient (Wildman–Crippen LogP) is 1.79. The molecule has 0 aromatic heterocycles. The summed E-state index contributed by atoms with van der Waals surface area (Å²) in [7, 11) is -3.30. The van der Waals surface area contributed by atoms with Gasteiger partial charge in [0.25, 0.3) is 0 Å². The third-order valence-electron chi connectivity index (χ3n) is 3.79. The molecule has 5 heteroatoms. The van der Waals surface area contributed by atoms with Crippen molar-refractivity contribution in [2.24, 2.45) is 0 Å². The molecule has 110 valence electrons. The summed E-state index contributed by atoms with van der Waals surface area (Å²) in [5.74, 6) is -0.878. The number of aryl methyl sites for hydroxylation is 1. The number of amides is 1. The van der Waals surface area contributed by atoms with Crippen LogP contribution in [-0.4, -0.2) is 26.3 Å². The van der Waals surface area contributed by atoms with Gasteiger partial charge in [0, 0.05) is 6.26 Å². The van der Waals surface area contributed by atoms with Gasteiger partial charge < -0.3 is 5.32 Å². The fourth-order valence-electron chi connectivity index (χ4n) is 2.92. The smallest absolute Gasteiger partial charge is 0.235 e. The van der Waals surface area contributed by atoms with Crippen LogP contribution in [0.2, 0.25) is 0 Å². The Morgan fingerprint density at radius 2 is 2.00 bits per heavy atom. The molecule has 0 aliphatic heterocycles. The van der Waals surface area contributed by atoms with Crippen LogP contribution in [0.15, 0.2) is 24.3 Å². The Hall–Kier alpha value is -1.36. The number of benzene rings is 1. The molecule has 0 heterocycles. The molecule has 1 aromatic carbocycles. The SMILES string of the molecule is CC1(NC(=O)CS(C)(=O)=O)CCCCc2ccccc21. The maximum absolute atomic E-state index is 12.0. The van der Waals surface area contributed by atoms with Crippen LogP contribution in [-0.2, 0) is 26.6 Å². The zero-order valence-corrected chi connectivity index (χ0v) is 12.8. The van der Waals surface area contributed by atoms with E-state index in [2.05, 4.69) is 11.4 Å². The van der Waals surface area contributed by atoms with Crippen molar-refractivity contribution < 1.29 is 13.2 Å². The number of sulfone groups is 1. The van der Waals surface area contributed by atoms with Gasteiger partial charge in [0.1, 0.15) is 5.75 Å². The number of carbonyl (C=O) groups is 1. The highest BCUT2D eigenvalue weighted by Gasteiger charge is 2.32. The summed E-state index contributed by atoms with van der Waals surface area (Å²) in [6.45, 7) is 1.98. The summed E-state index contributed by atoms with van der Waals surface area (Å²) >= 11 is 0. The van der Waals surface area contributed by atoms with E-state index in [1.807, 2.05) is 25.1 Å². The van der Waals surface area contributed by atoms with E-state index < -0.39 is 27.0 Å². The van der Waals surface area contributed by atoms with E-state index in [4.69, 9.17) is 0 Å². The highest BCUT2D eigenvalue weighted by Crippen LogP contribution is 2.33. The number of fused-ring (bicyclic) bond motifs is 1. The van der Waals surface area contributed by atoms with E-state index in [9.17, 15) is 13.2 Å². The fourth-order valence-corrected chi connectivity index (χ4v) is 3.47. The molecule has 20 heavy (non-hydrogen) atoms. The van der Waals surface area contributed by atoms with Crippen molar-refractivity contribution in [3.63, 3.8) is 0 Å². The number of rotatable bonds is 3. The summed E-state index contributed by atoms with van der Waals surface area (Å²) in [4.78, 5) is 12.0. The first-order valence-electron chi connectivity index (χ1n) is 6.87. The summed E-state index contributed by atoms with van der Waals surface area (Å²) < 4.78 is 22.5. The van der Waals surface area contributed by atoms with Gasteiger partial charge in [-0.05, 0) is 37.3 Å². The van der Waals surface area contributed by atoms with Crippen LogP contribution < -0.4 is 5.32 Å². The minimum Gasteiger partial charge on any atom is -0.346 e. The standard InChI is InChI=1S/C15H21NO3S/c1-15(16-14(17)11-20(2,18)19)10-6-5-8-12-7-3-4-9-13(12)15/h3-4,7,9H,5-6,8,10-11H2,1-2H3,(H,16,17). The molecule has 0 fully saturated rings. The van der Waals surface area contributed by atoms with E-state index in [-0.39, 0.29) is 0 Å². The summed E-state index contributed by atoms with van der Waals surface area (Å²) in [5.41, 5.74) is 1.88. The summed E-state index contributed by atoms with van der Waals surface area (Å²) in [6.07, 6.45) is 5.03. The number of hydrogen-bond donors (Lipinski definition) is 1. The Bertz CT molecular complexity index is 609. The molecule has 1 aromatic rings. The van der Waals surface area contributed by atoms with E-state index >= 15 is 0 Å². The maximum Gasteiger partial charge on any atom is 0.235 e. The Balaban J connectivity index is 2.27. The van der Waals surface area contributed by atoms with Gasteiger partial charge in [-0.3, -0.25) is 4.79 Å². The van der Waals surface area contributed by atoms with Crippen molar-refractivity contribution in [1.82, 2.24) is 5.32 Å². The number of nitrogens with one attached hydrogen (secondary N) is 1. The van der Waals surface area contributed by atoms with Crippen molar-refractivity contribution in [3.05, 3.63) is 35.4 Å². The molecule has 2 rings (SSSR count). The molecule has 0 saturated heterocycles. The lowest BCUT2D eigenvalue weighted by atomic mass is 9.86. The molecule has 0 bridgehead atoms. The monoisotopic (exact) mass is 295 g/mol. The second-order valence-corrected chi connectivity index (χ2v) is 7.95. The average molecular weight is 295 g/mol. The largest absolute Gasteiger partial charge is 0.346 e. The van der Waals surface area contributed by atoms with Gasteiger partial charge in [0.05, 0.1) is 5.54 Å². The topological polar surface area (TPSA) is 63.2 Å². The van der Waals surface area contributed by atoms with Crippen LogP contribution in [0, 0.1) is 0 Å². The lowest BCUT2D eigenvalue weighted by Gasteiger charge is -2.31. The molecule has 1 N–H and O–H groups in total. The van der Waals surface area contributed by atoms with Gasteiger partial charge in [-0.15, -0.1) is 0 Å². The van der Waals surface area contributed by atoms with Crippen molar-refractivity contribution in [1.29, 1.82) is 0 Å². The second kappa shape index (κ2) is 5.56. The first kappa shape index (κ1) is 15.0. The van der Waals surface area contributed by atoms with Gasteiger partial charge in [-0.2, -0.15) is 0 Å². The zero-order chi connectivity index (χ0) is 14.8. The molecule has 0 radical (unpaired) electrons. The first-order valence-corrected chi connectivity index (χ1v) is 8.93. The minimum atomic E-state index is -3.30. The summed E-state index contributed by atoms with van der Waals surface area (Å²) in [5, 5.41) is 2.93. The van der Waals surface area contributed by atoms with Crippen LogP contribution in [0.25, 0.3) is 0 Å². The molecular weight excluding hydrogens is 274 g/mol. The second-order valence-electron chi connectivity index (χ2n) is 5.81. The van der Waals surface area contributed by atoms with E-state index in [1.165, 1.54) is 5.56 Å². The minimum absolute atomic E-state index is 0.424. The number of carbonyl (C=O) groups excluding carboxylic acids is 1. The van der Waals surface area contributed by atoms with E-state index in [0.717, 1.165) is 37.5 Å². The lowest BCUT2D eigenvalue weighted by molar-refractivity contribution is -0.120. The van der Waals surface area contributed by atoms with E-state index in [1.54, 1.807) is 0 Å². The summed E-state index contributed by atoms with van der Waals surface area (Å²) in [6, 6.07) is 8.08. The Kier molecular flexibility index (Phi) is 4.18. The third-order valence-corrected chi connectivity index (χ3v) is 4.58. The fraction of sp³-hybridized carbons (Fsp3) is 0.533. The first-order chi connectivity index (χ1) is 9.30. The van der Waals surface area contributed by atoms with Crippen molar-refractivity contribution in [2.75, 3.05) is 12.0 Å².